The molecule has 0 radical (unpaired) electrons. The van der Waals surface area contributed by atoms with Crippen molar-refractivity contribution in [1.29, 1.82) is 0 Å². The number of halogens is 2. The van der Waals surface area contributed by atoms with Crippen LogP contribution in [0.2, 0.25) is 0 Å². The molecule has 2 unspecified atom stereocenters. The highest BCUT2D eigenvalue weighted by Gasteiger charge is 2.47. The van der Waals surface area contributed by atoms with E-state index in [1.54, 1.807) is 39.0 Å². The van der Waals surface area contributed by atoms with E-state index in [0.717, 1.165) is 94.7 Å². The number of methoxy groups -OCH3 is 1. The minimum atomic E-state index is -2.76. The van der Waals surface area contributed by atoms with Crippen molar-refractivity contribution in [2.75, 3.05) is 81.8 Å². The lowest BCUT2D eigenvalue weighted by Gasteiger charge is -2.44. The fourth-order valence-electron chi connectivity index (χ4n) is 12.3. The molecule has 5 aliphatic heterocycles. The molecule has 0 spiro atoms. The zero-order valence-corrected chi connectivity index (χ0v) is 42.1. The number of rotatable bonds is 13. The molecular formula is C52H66F2N11O4P. The van der Waals surface area contributed by atoms with Crippen LogP contribution in [0.25, 0.3) is 11.0 Å². The van der Waals surface area contributed by atoms with Crippen LogP contribution in [0, 0.1) is 25.7 Å². The molecule has 0 saturated carbocycles. The molecule has 3 N–H and O–H groups in total. The van der Waals surface area contributed by atoms with E-state index in [-0.39, 0.29) is 24.8 Å². The van der Waals surface area contributed by atoms with Crippen LogP contribution in [0.1, 0.15) is 75.8 Å². The molecule has 2 aromatic heterocycles. The number of aromatic nitrogens is 4. The highest BCUT2D eigenvalue weighted by molar-refractivity contribution is 7.71. The third-order valence-corrected chi connectivity index (χ3v) is 17.4. The summed E-state index contributed by atoms with van der Waals surface area (Å²) in [5.74, 6) is -0.337. The van der Waals surface area contributed by atoms with Gasteiger partial charge in [-0.05, 0) is 121 Å². The van der Waals surface area contributed by atoms with Gasteiger partial charge in [-0.1, -0.05) is 0 Å². The van der Waals surface area contributed by atoms with E-state index in [1.807, 2.05) is 19.1 Å². The molecule has 6 aliphatic rings. The summed E-state index contributed by atoms with van der Waals surface area (Å²) in [7, 11) is -1.08. The van der Waals surface area contributed by atoms with Crippen molar-refractivity contribution in [3.8, 4) is 5.75 Å². The average molecular weight is 978 g/mol. The minimum absolute atomic E-state index is 0.0359. The number of nitrogens with zero attached hydrogens (tertiary/aromatic N) is 8. The zero-order valence-electron chi connectivity index (χ0n) is 41.2. The van der Waals surface area contributed by atoms with Crippen molar-refractivity contribution < 1.29 is 27.7 Å². The molecule has 18 heteroatoms. The number of hydrogen-bond acceptors (Lipinski definition) is 14. The lowest BCUT2D eigenvalue weighted by Crippen LogP contribution is -2.53. The zero-order chi connectivity index (χ0) is 49.1. The first-order valence-corrected chi connectivity index (χ1v) is 27.6. The molecule has 7 heterocycles. The molecule has 2 amide bonds. The number of carbonyl (C=O) groups excluding carboxylic acids is 2. The number of fused-ring (bicyclic) bond motifs is 3. The van der Waals surface area contributed by atoms with E-state index in [1.165, 1.54) is 25.1 Å². The summed E-state index contributed by atoms with van der Waals surface area (Å²) in [4.78, 5) is 52.7. The molecule has 2 bridgehead atoms. The number of likely N-dealkylation sites (tertiary alicyclic amines) is 3. The lowest BCUT2D eigenvalue weighted by molar-refractivity contribution is -0.135. The summed E-state index contributed by atoms with van der Waals surface area (Å²) in [6.07, 6.45) is 13.3. The van der Waals surface area contributed by atoms with Gasteiger partial charge >= 0.3 is 0 Å². The molecule has 4 aromatic rings. The second-order valence-corrected chi connectivity index (χ2v) is 24.1. The number of aryl methyl sites for hydroxylation is 2. The number of nitrogens with one attached hydrogen (secondary N) is 3. The van der Waals surface area contributed by atoms with Gasteiger partial charge in [0.1, 0.15) is 35.7 Å². The summed E-state index contributed by atoms with van der Waals surface area (Å²) in [6, 6.07) is 9.75. The van der Waals surface area contributed by atoms with Crippen LogP contribution in [-0.2, 0) is 14.2 Å². The van der Waals surface area contributed by atoms with Gasteiger partial charge in [-0.2, -0.15) is 4.98 Å². The molecule has 70 heavy (non-hydrogen) atoms. The van der Waals surface area contributed by atoms with Gasteiger partial charge < -0.3 is 29.7 Å². The number of amides is 2. The van der Waals surface area contributed by atoms with Crippen LogP contribution in [-0.4, -0.2) is 136 Å². The van der Waals surface area contributed by atoms with E-state index < -0.39 is 36.4 Å². The molecule has 372 valence electrons. The average Bonchev–Trinajstić information content (AvgIpc) is 3.94. The van der Waals surface area contributed by atoms with Crippen molar-refractivity contribution >= 4 is 64.1 Å². The fraction of sp³-hybridized carbons (Fsp3) is 0.538. The van der Waals surface area contributed by atoms with Crippen LogP contribution in [0.3, 0.4) is 0 Å². The maximum Gasteiger partial charge on any atom is 0.234 e. The quantitative estimate of drug-likeness (QED) is 0.0876. The number of imide groups is 1. The largest absolute Gasteiger partial charge is 0.494 e. The molecule has 10 rings (SSSR count). The number of carbonyl (C=O) groups is 2. The van der Waals surface area contributed by atoms with E-state index in [0.29, 0.717) is 69.3 Å². The second kappa shape index (κ2) is 19.2. The van der Waals surface area contributed by atoms with Gasteiger partial charge in [-0.25, -0.2) is 13.8 Å². The summed E-state index contributed by atoms with van der Waals surface area (Å²) in [6.45, 7) is 15.8. The van der Waals surface area contributed by atoms with E-state index in [9.17, 15) is 14.2 Å². The summed E-state index contributed by atoms with van der Waals surface area (Å²) in [5, 5.41) is 9.71. The van der Waals surface area contributed by atoms with Gasteiger partial charge in [0.05, 0.1) is 35.2 Å². The summed E-state index contributed by atoms with van der Waals surface area (Å²) < 4.78 is 51.1. The van der Waals surface area contributed by atoms with Crippen LogP contribution in [0.15, 0.2) is 66.0 Å². The SMILES string of the molecule is COc1cc(N2CCC(N3C[C@H]4C[C@@H]3CN4CCC3CCN(C4=CC(F)=C(C5CCC(=O)NC5=O)C(C)(F)C4)CC3)CC2)c(C)cc1Nc1ncc(C)c(Nc2ccc3nccnc3c2P(C)(C)=O)n1. The maximum atomic E-state index is 16.1. The first-order chi connectivity index (χ1) is 33.5. The lowest BCUT2D eigenvalue weighted by atomic mass is 9.76. The third kappa shape index (κ3) is 9.65. The molecule has 5 fully saturated rings. The van der Waals surface area contributed by atoms with Gasteiger partial charge in [0.2, 0.25) is 17.8 Å². The Morgan fingerprint density at radius 2 is 1.66 bits per heavy atom. The first kappa shape index (κ1) is 48.1. The highest BCUT2D eigenvalue weighted by atomic mass is 31.2. The molecular weight excluding hydrogens is 912 g/mol. The van der Waals surface area contributed by atoms with E-state index >= 15 is 8.78 Å². The summed E-state index contributed by atoms with van der Waals surface area (Å²) >= 11 is 0. The van der Waals surface area contributed by atoms with Crippen molar-refractivity contribution in [2.24, 2.45) is 11.8 Å². The van der Waals surface area contributed by atoms with Gasteiger partial charge in [0, 0.05) is 117 Å². The van der Waals surface area contributed by atoms with Gasteiger partial charge in [-0.15, -0.1) is 0 Å². The Morgan fingerprint density at radius 1 is 0.900 bits per heavy atom. The monoisotopic (exact) mass is 978 g/mol. The number of piperazine rings is 1. The fourth-order valence-corrected chi connectivity index (χ4v) is 13.7. The topological polar surface area (TPSA) is 161 Å². The van der Waals surface area contributed by atoms with Gasteiger partial charge in [0.25, 0.3) is 0 Å². The smallest absolute Gasteiger partial charge is 0.234 e. The first-order valence-electron chi connectivity index (χ1n) is 25.0. The number of anilines is 5. The summed E-state index contributed by atoms with van der Waals surface area (Å²) in [5.41, 5.74) is 4.43. The van der Waals surface area contributed by atoms with Crippen LogP contribution >= 0.6 is 7.14 Å². The Hall–Kier alpha value is -5.51. The number of benzene rings is 2. The van der Waals surface area contributed by atoms with Crippen LogP contribution < -0.4 is 30.9 Å². The normalized spacial score (nSPS) is 25.2. The number of allylic oxidation sites excluding steroid dienone is 3. The predicted octanol–water partition coefficient (Wildman–Crippen LogP) is 7.90. The Morgan fingerprint density at radius 3 is 2.36 bits per heavy atom. The standard InChI is InChI=1S/C52H66F2N11O4P/c1-31-23-42(59-51-57-28-32(2)49(61-51)58-41-9-8-40-47(56-17-16-55-40)48(41)70(5,6)68)44(69-4)26-43(31)63-21-14-34(15-22-63)65-30-36-24-37(65)29-64(36)20-13-33-11-18-62(19-12-33)35-25-39(53)46(52(3,54)27-35)38-7-10-45(66)60-50(38)67/h8-9,16-17,23,25-26,28,33-34,36-38H,7,10-15,18-22,24,27,29-30H2,1-6H3,(H,60,66,67)(H2,57,58,59,61)/t36-,37-,38?,52?/m1/s1. The Bertz CT molecular complexity index is 2800. The minimum Gasteiger partial charge on any atom is -0.494 e. The molecule has 4 atom stereocenters. The van der Waals surface area contributed by atoms with Gasteiger partial charge in [-0.3, -0.25) is 34.7 Å². The maximum absolute atomic E-state index is 16.1. The van der Waals surface area contributed by atoms with E-state index in [2.05, 4.69) is 69.6 Å². The van der Waals surface area contributed by atoms with Crippen molar-refractivity contribution in [3.63, 3.8) is 0 Å². The van der Waals surface area contributed by atoms with Crippen LogP contribution in [0.5, 0.6) is 5.75 Å². The highest BCUT2D eigenvalue weighted by Crippen LogP contribution is 2.46. The number of ether oxygens (including phenoxy) is 1. The van der Waals surface area contributed by atoms with Crippen molar-refractivity contribution in [1.82, 2.24) is 40.0 Å². The van der Waals surface area contributed by atoms with E-state index in [4.69, 9.17) is 9.72 Å². The number of hydrogen-bond donors (Lipinski definition) is 3. The number of piperidine rings is 3. The molecule has 5 saturated heterocycles. The molecule has 15 nitrogen and oxygen atoms in total. The van der Waals surface area contributed by atoms with Crippen LogP contribution in [0.4, 0.5) is 37.6 Å². The Kier molecular flexibility index (Phi) is 13.2. The molecule has 2 aromatic carbocycles. The second-order valence-electron chi connectivity index (χ2n) is 21.0. The van der Waals surface area contributed by atoms with Crippen molar-refractivity contribution in [3.05, 3.63) is 77.2 Å². The van der Waals surface area contributed by atoms with Gasteiger partial charge in [0.15, 0.2) is 0 Å². The Labute approximate surface area is 409 Å². The molecule has 1 aliphatic carbocycles. The van der Waals surface area contributed by atoms with Crippen molar-refractivity contribution in [2.45, 2.75) is 102 Å². The number of alkyl halides is 1. The predicted molar refractivity (Wildman–Crippen MR) is 271 cm³/mol. The third-order valence-electron chi connectivity index (χ3n) is 15.9. The Balaban J connectivity index is 0.702.